The second-order valence-electron chi connectivity index (χ2n) is 3.44. The molecule has 4 nitrogen and oxygen atoms in total. The van der Waals surface area contributed by atoms with Gasteiger partial charge in [-0.2, -0.15) is 13.2 Å². The van der Waals surface area contributed by atoms with Crippen LogP contribution < -0.4 is 0 Å². The third kappa shape index (κ3) is 2.18. The molecule has 3 fully saturated rings. The highest BCUT2D eigenvalue weighted by Crippen LogP contribution is 2.33. The van der Waals surface area contributed by atoms with Crippen LogP contribution in [0.25, 0.3) is 0 Å². The number of alkyl halides is 3. The highest BCUT2D eigenvalue weighted by Gasteiger charge is 2.67. The van der Waals surface area contributed by atoms with Crippen LogP contribution in [0.5, 0.6) is 0 Å². The van der Waals surface area contributed by atoms with E-state index in [4.69, 9.17) is 13.3 Å². The van der Waals surface area contributed by atoms with E-state index in [1.54, 1.807) is 0 Å². The van der Waals surface area contributed by atoms with Crippen LogP contribution in [-0.2, 0) is 13.3 Å². The molecule has 0 saturated carbocycles. The van der Waals surface area contributed by atoms with E-state index in [9.17, 15) is 13.2 Å². The van der Waals surface area contributed by atoms with Gasteiger partial charge in [-0.05, 0) is 0 Å². The highest BCUT2D eigenvalue weighted by molar-refractivity contribution is 6.62. The molecule has 0 aromatic heterocycles. The summed E-state index contributed by atoms with van der Waals surface area (Å²) in [5, 5.41) is 0. The van der Waals surface area contributed by atoms with E-state index < -0.39 is 14.6 Å². The third-order valence-electron chi connectivity index (χ3n) is 2.45. The van der Waals surface area contributed by atoms with Gasteiger partial charge in [0.05, 0.1) is 19.8 Å². The van der Waals surface area contributed by atoms with E-state index in [0.717, 1.165) is 0 Å². The zero-order chi connectivity index (χ0) is 10.9. The molecule has 0 radical (unpaired) electrons. The van der Waals surface area contributed by atoms with E-state index in [1.165, 1.54) is 0 Å². The first-order valence-corrected chi connectivity index (χ1v) is 6.47. The second-order valence-corrected chi connectivity index (χ2v) is 5.99. The summed E-state index contributed by atoms with van der Waals surface area (Å²) in [5.41, 5.74) is 0. The quantitative estimate of drug-likeness (QED) is 0.576. The van der Waals surface area contributed by atoms with Crippen molar-refractivity contribution in [2.45, 2.75) is 5.80 Å². The van der Waals surface area contributed by atoms with Crippen molar-refractivity contribution >= 4 is 8.80 Å². The largest absolute Gasteiger partial charge is 0.616 e. The van der Waals surface area contributed by atoms with E-state index in [2.05, 4.69) is 0 Å². The smallest absolute Gasteiger partial charge is 0.367 e. The Morgan fingerprint density at radius 1 is 0.867 bits per heavy atom. The van der Waals surface area contributed by atoms with Crippen molar-refractivity contribution in [2.24, 2.45) is 0 Å². The molecule has 0 aromatic carbocycles. The fraction of sp³-hybridized carbons (Fsp3) is 1.00. The standard InChI is InChI=1S/C7H12F3NO3Si/c8-7(9,10)15-12-4-1-11(2-5-13-15)3-6-14-15/h1-6H2. The van der Waals surface area contributed by atoms with E-state index in [1.807, 2.05) is 4.90 Å². The van der Waals surface area contributed by atoms with Crippen molar-refractivity contribution in [3.05, 3.63) is 0 Å². The van der Waals surface area contributed by atoms with Crippen LogP contribution in [0.2, 0.25) is 0 Å². The van der Waals surface area contributed by atoms with Crippen LogP contribution in [0, 0.1) is 0 Å². The lowest BCUT2D eigenvalue weighted by Crippen LogP contribution is -2.63. The van der Waals surface area contributed by atoms with Gasteiger partial charge in [0, 0.05) is 19.6 Å². The molecule has 0 N–H and O–H groups in total. The van der Waals surface area contributed by atoms with E-state index in [-0.39, 0.29) is 19.8 Å². The van der Waals surface area contributed by atoms with Crippen molar-refractivity contribution in [1.29, 1.82) is 0 Å². The molecule has 8 heteroatoms. The predicted octanol–water partition coefficient (Wildman–Crippen LogP) is 0.406. The number of halogens is 3. The van der Waals surface area contributed by atoms with Crippen LogP contribution in [0.15, 0.2) is 0 Å². The van der Waals surface area contributed by atoms with Crippen LogP contribution >= 0.6 is 0 Å². The molecular weight excluding hydrogens is 231 g/mol. The third-order valence-corrected chi connectivity index (χ3v) is 4.89. The Morgan fingerprint density at radius 2 is 1.27 bits per heavy atom. The molecule has 88 valence electrons. The summed E-state index contributed by atoms with van der Waals surface area (Å²) in [5.74, 6) is -4.52. The average Bonchev–Trinajstić information content (AvgIpc) is 1.96. The van der Waals surface area contributed by atoms with Gasteiger partial charge in [-0.15, -0.1) is 0 Å². The highest BCUT2D eigenvalue weighted by atomic mass is 28.4. The topological polar surface area (TPSA) is 30.9 Å². The van der Waals surface area contributed by atoms with Gasteiger partial charge in [-0.25, -0.2) is 0 Å². The summed E-state index contributed by atoms with van der Waals surface area (Å²) in [4.78, 5) is 1.97. The molecule has 0 aliphatic carbocycles. The maximum Gasteiger partial charge on any atom is 0.616 e. The van der Waals surface area contributed by atoms with E-state index in [0.29, 0.717) is 19.6 Å². The maximum atomic E-state index is 12.8. The van der Waals surface area contributed by atoms with Gasteiger partial charge in [-0.3, -0.25) is 4.90 Å². The minimum absolute atomic E-state index is 0.0196. The summed E-state index contributed by atoms with van der Waals surface area (Å²) in [7, 11) is -4.46. The van der Waals surface area contributed by atoms with Crippen molar-refractivity contribution < 1.29 is 26.4 Å². The summed E-state index contributed by atoms with van der Waals surface area (Å²) in [6, 6.07) is 0. The van der Waals surface area contributed by atoms with Gasteiger partial charge in [0.15, 0.2) is 0 Å². The van der Waals surface area contributed by atoms with E-state index >= 15 is 0 Å². The Balaban J connectivity index is 2.19. The summed E-state index contributed by atoms with van der Waals surface area (Å²) >= 11 is 0. The van der Waals surface area contributed by atoms with Gasteiger partial charge >= 0.3 is 14.6 Å². The molecule has 0 unspecified atom stereocenters. The molecule has 0 amide bonds. The molecular formula is C7H12F3NO3Si. The van der Waals surface area contributed by atoms with Gasteiger partial charge in [0.1, 0.15) is 0 Å². The number of rotatable bonds is 0. The summed E-state index contributed by atoms with van der Waals surface area (Å²) in [6.07, 6.45) is 0. The lowest BCUT2D eigenvalue weighted by molar-refractivity contribution is -0.147. The maximum absolute atomic E-state index is 12.8. The lowest BCUT2D eigenvalue weighted by Gasteiger charge is -2.38. The minimum atomic E-state index is -4.52. The number of hydrogen-bond donors (Lipinski definition) is 0. The van der Waals surface area contributed by atoms with Gasteiger partial charge < -0.3 is 13.3 Å². The number of hydrogen-bond acceptors (Lipinski definition) is 4. The summed E-state index contributed by atoms with van der Waals surface area (Å²) in [6.45, 7) is 1.59. The first-order valence-electron chi connectivity index (χ1n) is 4.74. The summed E-state index contributed by atoms with van der Waals surface area (Å²) < 4.78 is 52.9. The molecule has 15 heavy (non-hydrogen) atoms. The molecule has 0 spiro atoms. The average molecular weight is 243 g/mol. The Kier molecular flexibility index (Phi) is 3.04. The van der Waals surface area contributed by atoms with Crippen LogP contribution in [0.4, 0.5) is 13.2 Å². The van der Waals surface area contributed by atoms with Crippen LogP contribution in [-0.4, -0.2) is 59.0 Å². The molecule has 0 aromatic rings. The molecule has 3 aliphatic rings. The Morgan fingerprint density at radius 3 is 1.60 bits per heavy atom. The van der Waals surface area contributed by atoms with Gasteiger partial charge in [0.25, 0.3) is 0 Å². The fourth-order valence-electron chi connectivity index (χ4n) is 1.63. The molecule has 2 bridgehead atoms. The van der Waals surface area contributed by atoms with Crippen molar-refractivity contribution in [3.8, 4) is 0 Å². The zero-order valence-corrected chi connectivity index (χ0v) is 9.05. The van der Waals surface area contributed by atoms with Crippen molar-refractivity contribution in [2.75, 3.05) is 39.5 Å². The molecule has 0 atom stereocenters. The molecule has 3 saturated heterocycles. The predicted molar refractivity (Wildman–Crippen MR) is 46.1 cm³/mol. The number of nitrogens with zero attached hydrogens (tertiary/aromatic N) is 1. The molecule has 3 rings (SSSR count). The molecule has 3 aliphatic heterocycles. The van der Waals surface area contributed by atoms with Crippen molar-refractivity contribution in [1.82, 2.24) is 4.90 Å². The van der Waals surface area contributed by atoms with Gasteiger partial charge in [0.2, 0.25) is 0 Å². The fourth-order valence-corrected chi connectivity index (χ4v) is 3.45. The SMILES string of the molecule is FC(F)(F)[Si]12OCCN(CCO1)CCO2. The minimum Gasteiger partial charge on any atom is -0.367 e. The Hall–Kier alpha value is -0.153. The van der Waals surface area contributed by atoms with Gasteiger partial charge in [-0.1, -0.05) is 0 Å². The first kappa shape index (κ1) is 11.3. The number of fused-ring (bicyclic) bond motifs is 6. The molecule has 3 heterocycles. The lowest BCUT2D eigenvalue weighted by atomic mass is 10.4. The first-order chi connectivity index (χ1) is 7.04. The Labute approximate surface area is 86.3 Å². The monoisotopic (exact) mass is 243 g/mol. The second kappa shape index (κ2) is 4.02. The van der Waals surface area contributed by atoms with Crippen LogP contribution in [0.3, 0.4) is 0 Å². The van der Waals surface area contributed by atoms with Crippen molar-refractivity contribution in [3.63, 3.8) is 0 Å². The van der Waals surface area contributed by atoms with Crippen LogP contribution in [0.1, 0.15) is 0 Å². The Bertz CT molecular complexity index is 211. The normalized spacial score (nSPS) is 38.2. The zero-order valence-electron chi connectivity index (χ0n) is 8.05.